The van der Waals surface area contributed by atoms with Gasteiger partial charge in [-0.3, -0.25) is 0 Å². The van der Waals surface area contributed by atoms with E-state index in [1.165, 1.54) is 22.0 Å². The zero-order valence-electron chi connectivity index (χ0n) is 18.2. The van der Waals surface area contributed by atoms with E-state index < -0.39 is 0 Å². The van der Waals surface area contributed by atoms with Crippen LogP contribution in [0.15, 0.2) is 30.3 Å². The summed E-state index contributed by atoms with van der Waals surface area (Å²) in [6.07, 6.45) is 0.988. The maximum atomic E-state index is 10.8. The lowest BCUT2D eigenvalue weighted by Crippen LogP contribution is -2.36. The second kappa shape index (κ2) is 8.33. The van der Waals surface area contributed by atoms with Gasteiger partial charge in [-0.25, -0.2) is 0 Å². The fraction of sp³-hybridized carbons (Fsp3) is 0.500. The van der Waals surface area contributed by atoms with E-state index in [-0.39, 0.29) is 10.7 Å². The molecule has 0 amide bonds. The van der Waals surface area contributed by atoms with Crippen LogP contribution in [0.25, 0.3) is 0 Å². The lowest BCUT2D eigenvalue weighted by Gasteiger charge is -2.32. The topological polar surface area (TPSA) is 32.3 Å². The maximum absolute atomic E-state index is 10.8. The van der Waals surface area contributed by atoms with Gasteiger partial charge in [0.05, 0.1) is 0 Å². The molecule has 2 atom stereocenters. The third-order valence-corrected chi connectivity index (χ3v) is 7.16. The summed E-state index contributed by atoms with van der Waals surface area (Å²) >= 11 is 0. The van der Waals surface area contributed by atoms with Crippen molar-refractivity contribution < 1.29 is 5.11 Å². The Labute approximate surface area is 167 Å². The van der Waals surface area contributed by atoms with E-state index in [1.54, 1.807) is 0 Å². The number of aryl methyl sites for hydroxylation is 3. The number of benzene rings is 2. The SMILES string of the molecule is CCC(C)(Pc1ccc(C)cc1CNC(C)(C)C)c1cc(C)cc(C)c1O. The Morgan fingerprint density at radius 3 is 2.22 bits per heavy atom. The van der Waals surface area contributed by atoms with E-state index in [0.29, 0.717) is 14.3 Å². The lowest BCUT2D eigenvalue weighted by atomic mass is 9.93. The molecule has 0 aliphatic heterocycles. The molecule has 0 fully saturated rings. The first-order chi connectivity index (χ1) is 12.4. The first-order valence-electron chi connectivity index (χ1n) is 9.88. The van der Waals surface area contributed by atoms with Gasteiger partial charge in [-0.15, -0.1) is 0 Å². The smallest absolute Gasteiger partial charge is 0.122 e. The molecule has 0 aromatic heterocycles. The van der Waals surface area contributed by atoms with Crippen LogP contribution >= 0.6 is 8.58 Å². The van der Waals surface area contributed by atoms with Crippen LogP contribution in [0.4, 0.5) is 0 Å². The molecule has 2 N–H and O–H groups in total. The van der Waals surface area contributed by atoms with Gasteiger partial charge in [-0.05, 0) is 64.4 Å². The predicted octanol–water partition coefficient (Wildman–Crippen LogP) is 5.83. The third-order valence-electron chi connectivity index (χ3n) is 5.23. The summed E-state index contributed by atoms with van der Waals surface area (Å²) in [4.78, 5) is 0. The van der Waals surface area contributed by atoms with Crippen molar-refractivity contribution in [3.05, 3.63) is 58.1 Å². The average molecular weight is 386 g/mol. The van der Waals surface area contributed by atoms with E-state index in [4.69, 9.17) is 0 Å². The molecule has 0 heterocycles. The molecule has 2 aromatic rings. The van der Waals surface area contributed by atoms with Crippen LogP contribution in [0.3, 0.4) is 0 Å². The highest BCUT2D eigenvalue weighted by Gasteiger charge is 2.30. The summed E-state index contributed by atoms with van der Waals surface area (Å²) in [6.45, 7) is 18.3. The second-order valence-corrected chi connectivity index (χ2v) is 10.9. The van der Waals surface area contributed by atoms with Gasteiger partial charge in [0.2, 0.25) is 0 Å². The Morgan fingerprint density at radius 1 is 0.963 bits per heavy atom. The molecule has 148 valence electrons. The minimum Gasteiger partial charge on any atom is -0.507 e. The van der Waals surface area contributed by atoms with Crippen molar-refractivity contribution in [3.8, 4) is 5.75 Å². The fourth-order valence-corrected chi connectivity index (χ4v) is 4.96. The first-order valence-corrected chi connectivity index (χ1v) is 10.9. The standard InChI is InChI=1S/C24H36NOP/c1-9-24(8,20-14-17(3)12-18(4)22(20)26)27-21-11-10-16(2)13-19(21)15-25-23(5,6)7/h10-14,25-27H,9,15H2,1-8H3. The van der Waals surface area contributed by atoms with Gasteiger partial charge in [-0.1, -0.05) is 63.9 Å². The molecule has 0 aliphatic carbocycles. The molecule has 0 aliphatic rings. The van der Waals surface area contributed by atoms with Crippen molar-refractivity contribution in [2.45, 2.75) is 79.1 Å². The molecule has 0 radical (unpaired) electrons. The van der Waals surface area contributed by atoms with Crippen LogP contribution in [0.1, 0.15) is 68.9 Å². The lowest BCUT2D eigenvalue weighted by molar-refractivity contribution is 0.425. The number of rotatable bonds is 6. The largest absolute Gasteiger partial charge is 0.507 e. The maximum Gasteiger partial charge on any atom is 0.122 e. The van der Waals surface area contributed by atoms with Crippen LogP contribution in [-0.4, -0.2) is 10.6 Å². The van der Waals surface area contributed by atoms with E-state index in [0.717, 1.165) is 24.1 Å². The van der Waals surface area contributed by atoms with Gasteiger partial charge < -0.3 is 10.4 Å². The molecule has 2 aromatic carbocycles. The van der Waals surface area contributed by atoms with Crippen molar-refractivity contribution in [1.29, 1.82) is 0 Å². The third kappa shape index (κ3) is 5.56. The van der Waals surface area contributed by atoms with Crippen molar-refractivity contribution in [2.75, 3.05) is 0 Å². The number of phenolic OH excluding ortho intramolecular Hbond substituents is 1. The summed E-state index contributed by atoms with van der Waals surface area (Å²) < 4.78 is 0. The Kier molecular flexibility index (Phi) is 6.77. The minimum absolute atomic E-state index is 0.0768. The normalized spacial score (nSPS) is 14.7. The van der Waals surface area contributed by atoms with Gasteiger partial charge >= 0.3 is 0 Å². The molecule has 0 bridgehead atoms. The van der Waals surface area contributed by atoms with Gasteiger partial charge in [-0.2, -0.15) is 0 Å². The molecule has 0 spiro atoms. The number of aromatic hydroxyl groups is 1. The molecule has 3 heteroatoms. The molecule has 2 nitrogen and oxygen atoms in total. The molecule has 0 saturated heterocycles. The van der Waals surface area contributed by atoms with Gasteiger partial charge in [0.25, 0.3) is 0 Å². The first kappa shape index (κ1) is 21.9. The Balaban J connectivity index is 2.44. The highest BCUT2D eigenvalue weighted by Crippen LogP contribution is 2.48. The molecule has 2 rings (SSSR count). The van der Waals surface area contributed by atoms with Crippen molar-refractivity contribution in [1.82, 2.24) is 5.32 Å². The van der Waals surface area contributed by atoms with Gasteiger partial charge in [0.15, 0.2) is 0 Å². The Hall–Kier alpha value is -1.37. The highest BCUT2D eigenvalue weighted by atomic mass is 31.1. The van der Waals surface area contributed by atoms with E-state index in [1.807, 2.05) is 6.92 Å². The van der Waals surface area contributed by atoms with Gasteiger partial charge in [0, 0.05) is 22.8 Å². The summed E-state index contributed by atoms with van der Waals surface area (Å²) in [5.74, 6) is 0.457. The summed E-state index contributed by atoms with van der Waals surface area (Å²) in [6, 6.07) is 11.0. The molecule has 2 unspecified atom stereocenters. The minimum atomic E-state index is -0.0768. The Morgan fingerprint density at radius 2 is 1.63 bits per heavy atom. The average Bonchev–Trinajstić information content (AvgIpc) is 2.57. The van der Waals surface area contributed by atoms with E-state index in [9.17, 15) is 5.11 Å². The number of phenols is 1. The monoisotopic (exact) mass is 385 g/mol. The van der Waals surface area contributed by atoms with Crippen molar-refractivity contribution in [2.24, 2.45) is 0 Å². The van der Waals surface area contributed by atoms with Crippen LogP contribution in [0.5, 0.6) is 5.75 Å². The zero-order chi connectivity index (χ0) is 20.4. The van der Waals surface area contributed by atoms with Crippen LogP contribution in [0, 0.1) is 20.8 Å². The molecular formula is C24H36NOP. The quantitative estimate of drug-likeness (QED) is 0.613. The summed E-state index contributed by atoms with van der Waals surface area (Å²) in [5.41, 5.74) is 6.00. The number of hydrogen-bond acceptors (Lipinski definition) is 2. The highest BCUT2D eigenvalue weighted by molar-refractivity contribution is 7.48. The van der Waals surface area contributed by atoms with Crippen LogP contribution in [-0.2, 0) is 11.7 Å². The van der Waals surface area contributed by atoms with Crippen LogP contribution in [0.2, 0.25) is 0 Å². The van der Waals surface area contributed by atoms with Crippen molar-refractivity contribution >= 4 is 13.9 Å². The van der Waals surface area contributed by atoms with E-state index in [2.05, 4.69) is 84.1 Å². The fourth-order valence-electron chi connectivity index (χ4n) is 3.38. The molecular weight excluding hydrogens is 349 g/mol. The predicted molar refractivity (Wildman–Crippen MR) is 121 cm³/mol. The summed E-state index contributed by atoms with van der Waals surface area (Å²) in [5, 5.41) is 15.7. The van der Waals surface area contributed by atoms with Gasteiger partial charge in [0.1, 0.15) is 5.75 Å². The zero-order valence-corrected chi connectivity index (χ0v) is 19.2. The summed E-state index contributed by atoms with van der Waals surface area (Å²) in [7, 11) is 0.604. The van der Waals surface area contributed by atoms with Crippen LogP contribution < -0.4 is 10.6 Å². The Bertz CT molecular complexity index is 807. The second-order valence-electron chi connectivity index (χ2n) is 9.05. The molecule has 27 heavy (non-hydrogen) atoms. The van der Waals surface area contributed by atoms with Crippen molar-refractivity contribution in [3.63, 3.8) is 0 Å². The molecule has 0 saturated carbocycles. The number of hydrogen-bond donors (Lipinski definition) is 2. The number of nitrogens with one attached hydrogen (secondary N) is 1. The van der Waals surface area contributed by atoms with E-state index >= 15 is 0 Å².